The molecule has 1 nitrogen and oxygen atoms in total. The Morgan fingerprint density at radius 2 is 1.12 bits per heavy atom. The summed E-state index contributed by atoms with van der Waals surface area (Å²) >= 11 is 1.92. The van der Waals surface area contributed by atoms with Crippen LogP contribution in [0.4, 0.5) is 0 Å². The summed E-state index contributed by atoms with van der Waals surface area (Å²) in [5, 5.41) is 2.65. The first-order valence-electron chi connectivity index (χ1n) is 13.8. The lowest BCUT2D eigenvalue weighted by Gasteiger charge is -2.22. The van der Waals surface area contributed by atoms with Crippen molar-refractivity contribution in [1.82, 2.24) is 4.98 Å². The highest BCUT2D eigenvalue weighted by atomic mass is 32.1. The molecule has 0 bridgehead atoms. The van der Waals surface area contributed by atoms with E-state index in [-0.39, 0.29) is 5.41 Å². The standard InChI is InChI=1S/C38H27NS/c1-38(2)34-14-4-3-9-30(34)31-20-19-26(22-35(31)38)29-11-6-13-33-32-12-5-10-28(36(32)40-37(29)33)25-17-15-24(16-18-25)27-8-7-21-39-23-27/h3-23H,1-2H3. The SMILES string of the molecule is CC1(C)c2ccccc2-c2ccc(-c3cccc4c3sc3c(-c5ccc(-c6cccnc6)cc5)cccc34)cc21. The summed E-state index contributed by atoms with van der Waals surface area (Å²) < 4.78 is 2.69. The number of pyridine rings is 1. The molecule has 0 saturated carbocycles. The van der Waals surface area contributed by atoms with E-state index in [1.54, 1.807) is 0 Å². The highest BCUT2D eigenvalue weighted by Gasteiger charge is 2.35. The van der Waals surface area contributed by atoms with Crippen molar-refractivity contribution in [3.05, 3.63) is 139 Å². The highest BCUT2D eigenvalue weighted by Crippen LogP contribution is 2.50. The van der Waals surface area contributed by atoms with Crippen LogP contribution in [0.2, 0.25) is 0 Å². The Morgan fingerprint density at radius 3 is 1.85 bits per heavy atom. The van der Waals surface area contributed by atoms with E-state index in [2.05, 4.69) is 128 Å². The molecule has 1 aliphatic rings. The molecular weight excluding hydrogens is 502 g/mol. The molecule has 7 aromatic rings. The molecule has 1 aliphatic carbocycles. The average molecular weight is 530 g/mol. The maximum absolute atomic E-state index is 4.28. The molecule has 0 aliphatic heterocycles. The molecule has 2 aromatic heterocycles. The largest absolute Gasteiger partial charge is 0.264 e. The van der Waals surface area contributed by atoms with Gasteiger partial charge in [-0.05, 0) is 67.8 Å². The lowest BCUT2D eigenvalue weighted by Crippen LogP contribution is -2.14. The summed E-state index contributed by atoms with van der Waals surface area (Å²) in [4.78, 5) is 4.28. The van der Waals surface area contributed by atoms with Crippen molar-refractivity contribution in [3.63, 3.8) is 0 Å². The third-order valence-corrected chi connectivity index (χ3v) is 9.90. The van der Waals surface area contributed by atoms with Gasteiger partial charge in [0.1, 0.15) is 0 Å². The lowest BCUT2D eigenvalue weighted by atomic mass is 9.81. The minimum atomic E-state index is -0.00879. The summed E-state index contributed by atoms with van der Waals surface area (Å²) in [5.41, 5.74) is 13.0. The smallest absolute Gasteiger partial charge is 0.0434 e. The van der Waals surface area contributed by atoms with E-state index < -0.39 is 0 Å². The van der Waals surface area contributed by atoms with Crippen LogP contribution in [0.25, 0.3) is 64.7 Å². The van der Waals surface area contributed by atoms with Gasteiger partial charge in [0.15, 0.2) is 0 Å². The molecule has 0 fully saturated rings. The normalized spacial score (nSPS) is 13.4. The van der Waals surface area contributed by atoms with Crippen molar-refractivity contribution < 1.29 is 0 Å². The van der Waals surface area contributed by atoms with Crippen LogP contribution in [-0.2, 0) is 5.41 Å². The summed E-state index contributed by atoms with van der Waals surface area (Å²) in [6.07, 6.45) is 3.74. The van der Waals surface area contributed by atoms with Gasteiger partial charge in [-0.2, -0.15) is 0 Å². The van der Waals surface area contributed by atoms with Crippen LogP contribution in [0, 0.1) is 0 Å². The van der Waals surface area contributed by atoms with Crippen LogP contribution in [0.3, 0.4) is 0 Å². The van der Waals surface area contributed by atoms with Crippen molar-refractivity contribution in [1.29, 1.82) is 0 Å². The average Bonchev–Trinajstić information content (AvgIpc) is 3.50. The maximum atomic E-state index is 4.28. The topological polar surface area (TPSA) is 12.9 Å². The van der Waals surface area contributed by atoms with Crippen molar-refractivity contribution in [2.75, 3.05) is 0 Å². The van der Waals surface area contributed by atoms with Crippen molar-refractivity contribution >= 4 is 31.5 Å². The highest BCUT2D eigenvalue weighted by molar-refractivity contribution is 7.26. The van der Waals surface area contributed by atoms with Gasteiger partial charge in [0.05, 0.1) is 0 Å². The van der Waals surface area contributed by atoms with Crippen molar-refractivity contribution in [2.24, 2.45) is 0 Å². The Kier molecular flexibility index (Phi) is 5.11. The van der Waals surface area contributed by atoms with Gasteiger partial charge in [-0.25, -0.2) is 0 Å². The number of aromatic nitrogens is 1. The molecule has 40 heavy (non-hydrogen) atoms. The van der Waals surface area contributed by atoms with Crippen LogP contribution >= 0.6 is 11.3 Å². The van der Waals surface area contributed by atoms with E-state index in [0.29, 0.717) is 0 Å². The summed E-state index contributed by atoms with van der Waals surface area (Å²) in [5.74, 6) is 0. The van der Waals surface area contributed by atoms with Gasteiger partial charge in [0.2, 0.25) is 0 Å². The molecule has 190 valence electrons. The van der Waals surface area contributed by atoms with Gasteiger partial charge in [-0.3, -0.25) is 4.98 Å². The van der Waals surface area contributed by atoms with E-state index in [0.717, 1.165) is 5.56 Å². The van der Waals surface area contributed by atoms with Gasteiger partial charge in [-0.1, -0.05) is 117 Å². The number of nitrogens with zero attached hydrogens (tertiary/aromatic N) is 1. The first-order chi connectivity index (χ1) is 19.6. The van der Waals surface area contributed by atoms with Crippen molar-refractivity contribution in [3.8, 4) is 44.5 Å². The third kappa shape index (κ3) is 3.43. The molecule has 0 atom stereocenters. The van der Waals surface area contributed by atoms with E-state index in [1.807, 2.05) is 29.8 Å². The second kappa shape index (κ2) is 8.74. The second-order valence-electron chi connectivity index (χ2n) is 11.2. The molecule has 2 heteroatoms. The lowest BCUT2D eigenvalue weighted by molar-refractivity contribution is 0.660. The molecule has 0 amide bonds. The number of thiophene rings is 1. The fourth-order valence-corrected chi connectivity index (χ4v) is 7.89. The molecule has 0 spiro atoms. The number of fused-ring (bicyclic) bond motifs is 6. The Balaban J connectivity index is 1.26. The molecule has 5 aromatic carbocycles. The van der Waals surface area contributed by atoms with Gasteiger partial charge >= 0.3 is 0 Å². The predicted octanol–water partition coefficient (Wildman–Crippen LogP) is 10.8. The predicted molar refractivity (Wildman–Crippen MR) is 171 cm³/mol. The van der Waals surface area contributed by atoms with E-state index in [4.69, 9.17) is 0 Å². The van der Waals surface area contributed by atoms with Crippen LogP contribution in [0.1, 0.15) is 25.0 Å². The Bertz CT molecular complexity index is 2060. The summed E-state index contributed by atoms with van der Waals surface area (Å²) in [6, 6.07) is 42.4. The van der Waals surface area contributed by atoms with Crippen LogP contribution < -0.4 is 0 Å². The van der Waals surface area contributed by atoms with E-state index in [9.17, 15) is 0 Å². The molecular formula is C38H27NS. The zero-order valence-corrected chi connectivity index (χ0v) is 23.3. The first-order valence-corrected chi connectivity index (χ1v) is 14.6. The molecule has 0 saturated heterocycles. The Hall–Kier alpha value is -4.53. The van der Waals surface area contributed by atoms with Crippen LogP contribution in [0.15, 0.2) is 128 Å². The minimum absolute atomic E-state index is 0.00879. The summed E-state index contributed by atoms with van der Waals surface area (Å²) in [6.45, 7) is 4.71. The quantitative estimate of drug-likeness (QED) is 0.222. The number of benzene rings is 5. The zero-order valence-electron chi connectivity index (χ0n) is 22.5. The minimum Gasteiger partial charge on any atom is -0.264 e. The molecule has 0 unspecified atom stereocenters. The van der Waals surface area contributed by atoms with Gasteiger partial charge in [0.25, 0.3) is 0 Å². The Morgan fingerprint density at radius 1 is 0.500 bits per heavy atom. The number of hydrogen-bond donors (Lipinski definition) is 0. The molecule has 0 N–H and O–H groups in total. The summed E-state index contributed by atoms with van der Waals surface area (Å²) in [7, 11) is 0. The Labute approximate surface area is 238 Å². The maximum Gasteiger partial charge on any atom is 0.0434 e. The first kappa shape index (κ1) is 23.4. The van der Waals surface area contributed by atoms with Crippen LogP contribution in [-0.4, -0.2) is 4.98 Å². The third-order valence-electron chi connectivity index (χ3n) is 8.61. The molecule has 8 rings (SSSR count). The van der Waals surface area contributed by atoms with Crippen molar-refractivity contribution in [2.45, 2.75) is 19.3 Å². The zero-order chi connectivity index (χ0) is 26.8. The number of rotatable bonds is 3. The molecule has 2 heterocycles. The second-order valence-corrected chi connectivity index (χ2v) is 12.2. The van der Waals surface area contributed by atoms with E-state index >= 15 is 0 Å². The van der Waals surface area contributed by atoms with Gasteiger partial charge in [-0.15, -0.1) is 11.3 Å². The fraction of sp³-hybridized carbons (Fsp3) is 0.0789. The molecule has 0 radical (unpaired) electrons. The van der Waals surface area contributed by atoms with Gasteiger partial charge in [0, 0.05) is 38.0 Å². The fourth-order valence-electron chi connectivity index (χ4n) is 6.52. The van der Waals surface area contributed by atoms with Gasteiger partial charge < -0.3 is 0 Å². The monoisotopic (exact) mass is 529 g/mol. The number of hydrogen-bond acceptors (Lipinski definition) is 2. The van der Waals surface area contributed by atoms with E-state index in [1.165, 1.54) is 70.2 Å². The van der Waals surface area contributed by atoms with Crippen LogP contribution in [0.5, 0.6) is 0 Å².